The van der Waals surface area contributed by atoms with Gasteiger partial charge < -0.3 is 5.73 Å². The van der Waals surface area contributed by atoms with E-state index in [9.17, 15) is 0 Å². The van der Waals surface area contributed by atoms with Crippen molar-refractivity contribution in [1.82, 2.24) is 4.98 Å². The molecule has 1 aliphatic rings. The first kappa shape index (κ1) is 14.7. The van der Waals surface area contributed by atoms with Gasteiger partial charge in [-0.2, -0.15) is 0 Å². The maximum absolute atomic E-state index is 5.78. The lowest BCUT2D eigenvalue weighted by atomic mass is 9.90. The molecular weight excluding hydrogens is 276 g/mol. The Morgan fingerprint density at radius 1 is 1.14 bits per heavy atom. The summed E-state index contributed by atoms with van der Waals surface area (Å²) in [7, 11) is 0. The summed E-state index contributed by atoms with van der Waals surface area (Å²) >= 11 is 1.85. The zero-order valence-corrected chi connectivity index (χ0v) is 13.6. The van der Waals surface area contributed by atoms with Crippen molar-refractivity contribution in [2.24, 2.45) is 5.73 Å². The van der Waals surface area contributed by atoms with Crippen LogP contribution in [0, 0.1) is 0 Å². The molecule has 0 saturated heterocycles. The molecule has 1 aromatic heterocycles. The topological polar surface area (TPSA) is 38.9 Å². The number of rotatable bonds is 5. The molecule has 3 rings (SSSR count). The van der Waals surface area contributed by atoms with Gasteiger partial charge in [0, 0.05) is 10.4 Å². The van der Waals surface area contributed by atoms with Crippen LogP contribution in [-0.2, 0) is 25.7 Å². The highest BCUT2D eigenvalue weighted by atomic mass is 32.1. The minimum absolute atomic E-state index is 0.700. The Kier molecular flexibility index (Phi) is 4.71. The molecule has 2 N–H and O–H groups in total. The zero-order valence-electron chi connectivity index (χ0n) is 12.8. The van der Waals surface area contributed by atoms with E-state index in [0.717, 1.165) is 19.3 Å². The standard InChI is InChI=1S/C18H24N2S/c1-2-5-17-20-18(16(21-17)10-11-19)15-9-8-13-6-3-4-7-14(13)12-15/h8-9,12H,2-7,10-11,19H2,1H3. The van der Waals surface area contributed by atoms with E-state index in [-0.39, 0.29) is 0 Å². The zero-order chi connectivity index (χ0) is 14.7. The van der Waals surface area contributed by atoms with Crippen LogP contribution in [0.4, 0.5) is 0 Å². The van der Waals surface area contributed by atoms with Gasteiger partial charge in [-0.15, -0.1) is 11.3 Å². The fraction of sp³-hybridized carbons (Fsp3) is 0.500. The number of aromatic nitrogens is 1. The average Bonchev–Trinajstić information content (AvgIpc) is 2.90. The maximum atomic E-state index is 5.78. The Hall–Kier alpha value is -1.19. The first-order valence-corrected chi connectivity index (χ1v) is 8.94. The van der Waals surface area contributed by atoms with Crippen molar-refractivity contribution < 1.29 is 0 Å². The number of aryl methyl sites for hydroxylation is 3. The van der Waals surface area contributed by atoms with Crippen molar-refractivity contribution >= 4 is 11.3 Å². The molecule has 0 spiro atoms. The van der Waals surface area contributed by atoms with Gasteiger partial charge in [-0.1, -0.05) is 19.1 Å². The molecule has 0 radical (unpaired) electrons. The monoisotopic (exact) mass is 300 g/mol. The van der Waals surface area contributed by atoms with Crippen molar-refractivity contribution in [3.05, 3.63) is 39.2 Å². The number of thiazole rings is 1. The second-order valence-electron chi connectivity index (χ2n) is 5.86. The van der Waals surface area contributed by atoms with Gasteiger partial charge in [0.25, 0.3) is 0 Å². The molecule has 0 fully saturated rings. The fourth-order valence-corrected chi connectivity index (χ4v) is 4.34. The smallest absolute Gasteiger partial charge is 0.0935 e. The van der Waals surface area contributed by atoms with Gasteiger partial charge in [-0.3, -0.25) is 0 Å². The molecule has 21 heavy (non-hydrogen) atoms. The molecule has 0 amide bonds. The number of fused-ring (bicyclic) bond motifs is 1. The third-order valence-electron chi connectivity index (χ3n) is 4.20. The number of nitrogens with zero attached hydrogens (tertiary/aromatic N) is 1. The summed E-state index contributed by atoms with van der Waals surface area (Å²) in [5, 5.41) is 1.26. The first-order valence-electron chi connectivity index (χ1n) is 8.12. The van der Waals surface area contributed by atoms with Crippen LogP contribution in [0.1, 0.15) is 47.2 Å². The van der Waals surface area contributed by atoms with Crippen LogP contribution in [0.5, 0.6) is 0 Å². The second-order valence-corrected chi connectivity index (χ2v) is 7.03. The van der Waals surface area contributed by atoms with Crippen molar-refractivity contribution in [3.63, 3.8) is 0 Å². The number of hydrogen-bond acceptors (Lipinski definition) is 3. The Morgan fingerprint density at radius 3 is 2.71 bits per heavy atom. The van der Waals surface area contributed by atoms with Gasteiger partial charge in [0.1, 0.15) is 0 Å². The van der Waals surface area contributed by atoms with Crippen LogP contribution in [0.2, 0.25) is 0 Å². The van der Waals surface area contributed by atoms with E-state index < -0.39 is 0 Å². The minimum Gasteiger partial charge on any atom is -0.330 e. The lowest BCUT2D eigenvalue weighted by Crippen LogP contribution is -2.04. The summed E-state index contributed by atoms with van der Waals surface area (Å²) in [6.07, 6.45) is 8.29. The summed E-state index contributed by atoms with van der Waals surface area (Å²) in [4.78, 5) is 6.26. The van der Waals surface area contributed by atoms with Crippen LogP contribution in [0.25, 0.3) is 11.3 Å². The quantitative estimate of drug-likeness (QED) is 0.901. The minimum atomic E-state index is 0.700. The third kappa shape index (κ3) is 3.19. The molecule has 0 atom stereocenters. The van der Waals surface area contributed by atoms with Gasteiger partial charge in [-0.25, -0.2) is 4.98 Å². The SMILES string of the molecule is CCCc1nc(-c2ccc3c(c2)CCCC3)c(CCN)s1. The van der Waals surface area contributed by atoms with Gasteiger partial charge in [0.15, 0.2) is 0 Å². The molecule has 0 aliphatic heterocycles. The highest BCUT2D eigenvalue weighted by Crippen LogP contribution is 2.32. The van der Waals surface area contributed by atoms with Crippen LogP contribution < -0.4 is 5.73 Å². The molecule has 0 unspecified atom stereocenters. The summed E-state index contributed by atoms with van der Waals surface area (Å²) in [6.45, 7) is 2.91. The van der Waals surface area contributed by atoms with Crippen molar-refractivity contribution in [2.75, 3.05) is 6.54 Å². The highest BCUT2D eigenvalue weighted by molar-refractivity contribution is 7.12. The molecule has 112 valence electrons. The number of benzene rings is 1. The first-order chi connectivity index (χ1) is 10.3. The van der Waals surface area contributed by atoms with Crippen LogP contribution in [0.3, 0.4) is 0 Å². The maximum Gasteiger partial charge on any atom is 0.0935 e. The molecule has 1 heterocycles. The summed E-state index contributed by atoms with van der Waals surface area (Å²) < 4.78 is 0. The Balaban J connectivity index is 1.98. The predicted octanol–water partition coefficient (Wildman–Crippen LogP) is 4.14. The highest BCUT2D eigenvalue weighted by Gasteiger charge is 2.15. The summed E-state index contributed by atoms with van der Waals surface area (Å²) in [5.74, 6) is 0. The van der Waals surface area contributed by atoms with E-state index in [1.54, 1.807) is 0 Å². The van der Waals surface area contributed by atoms with Gasteiger partial charge >= 0.3 is 0 Å². The normalized spacial score (nSPS) is 14.2. The molecule has 2 nitrogen and oxygen atoms in total. The largest absolute Gasteiger partial charge is 0.330 e. The number of nitrogens with two attached hydrogens (primary N) is 1. The van der Waals surface area contributed by atoms with E-state index in [0.29, 0.717) is 6.54 Å². The Bertz CT molecular complexity index is 616. The molecule has 2 aromatic rings. The van der Waals surface area contributed by atoms with Crippen molar-refractivity contribution in [2.45, 2.75) is 51.9 Å². The lowest BCUT2D eigenvalue weighted by molar-refractivity contribution is 0.686. The molecule has 0 saturated carbocycles. The van der Waals surface area contributed by atoms with E-state index in [4.69, 9.17) is 10.7 Å². The van der Waals surface area contributed by atoms with Gasteiger partial charge in [-0.05, 0) is 68.7 Å². The molecular formula is C18H24N2S. The average molecular weight is 300 g/mol. The van der Waals surface area contributed by atoms with Gasteiger partial charge in [0.2, 0.25) is 0 Å². The van der Waals surface area contributed by atoms with E-state index in [1.807, 2.05) is 11.3 Å². The van der Waals surface area contributed by atoms with E-state index >= 15 is 0 Å². The Morgan fingerprint density at radius 2 is 1.95 bits per heavy atom. The third-order valence-corrected chi connectivity index (χ3v) is 5.37. The number of hydrogen-bond donors (Lipinski definition) is 1. The van der Waals surface area contributed by atoms with Crippen molar-refractivity contribution in [3.8, 4) is 11.3 Å². The summed E-state index contributed by atoms with van der Waals surface area (Å²) in [6, 6.07) is 6.95. The fourth-order valence-electron chi connectivity index (χ4n) is 3.13. The molecule has 1 aliphatic carbocycles. The molecule has 1 aromatic carbocycles. The predicted molar refractivity (Wildman–Crippen MR) is 90.9 cm³/mol. The Labute approximate surface area is 131 Å². The van der Waals surface area contributed by atoms with Gasteiger partial charge in [0.05, 0.1) is 10.7 Å². The summed E-state index contributed by atoms with van der Waals surface area (Å²) in [5.41, 5.74) is 11.3. The van der Waals surface area contributed by atoms with Crippen LogP contribution in [0.15, 0.2) is 18.2 Å². The lowest BCUT2D eigenvalue weighted by Gasteiger charge is -2.16. The molecule has 0 bridgehead atoms. The van der Waals surface area contributed by atoms with E-state index in [1.165, 1.54) is 58.0 Å². The second kappa shape index (κ2) is 6.71. The van der Waals surface area contributed by atoms with E-state index in [2.05, 4.69) is 25.1 Å². The van der Waals surface area contributed by atoms with Crippen LogP contribution in [-0.4, -0.2) is 11.5 Å². The molecule has 3 heteroatoms. The van der Waals surface area contributed by atoms with Crippen LogP contribution >= 0.6 is 11.3 Å². The van der Waals surface area contributed by atoms with Crippen molar-refractivity contribution in [1.29, 1.82) is 0 Å².